The van der Waals surface area contributed by atoms with E-state index in [1.165, 1.54) is 120 Å². The molecule has 10 heteroatoms. The molecule has 4 aromatic carbocycles. The van der Waals surface area contributed by atoms with E-state index in [-0.39, 0.29) is 34.0 Å². The molecule has 0 radical (unpaired) electrons. The largest absolute Gasteiger partial charge is 1.00 e. The summed E-state index contributed by atoms with van der Waals surface area (Å²) < 4.78 is 13.4. The third kappa shape index (κ3) is 13.1. The summed E-state index contributed by atoms with van der Waals surface area (Å²) in [5.41, 5.74) is 5.17. The lowest BCUT2D eigenvalue weighted by Crippen LogP contribution is -3.00. The Kier molecular flexibility index (Phi) is 18.7. The zero-order valence-electron chi connectivity index (χ0n) is 36.3. The highest BCUT2D eigenvalue weighted by Crippen LogP contribution is 2.50. The molecule has 0 spiro atoms. The Bertz CT molecular complexity index is 1760. The van der Waals surface area contributed by atoms with E-state index in [2.05, 4.69) is 137 Å². The lowest BCUT2D eigenvalue weighted by molar-refractivity contribution is -0.893. The van der Waals surface area contributed by atoms with Crippen molar-refractivity contribution in [1.29, 1.82) is 0 Å². The number of para-hydroxylation sites is 2. The van der Waals surface area contributed by atoms with Gasteiger partial charge in [0.25, 0.3) is 0 Å². The molecule has 2 aliphatic rings. The Balaban J connectivity index is 0.00000372. The van der Waals surface area contributed by atoms with Crippen LogP contribution in [0.4, 0.5) is 22.7 Å². The summed E-state index contributed by atoms with van der Waals surface area (Å²) in [5, 5.41) is 0. The second kappa shape index (κ2) is 22.5. The van der Waals surface area contributed by atoms with Crippen LogP contribution in [-0.4, -0.2) is 90.6 Å². The van der Waals surface area contributed by atoms with Gasteiger partial charge in [0.15, 0.2) is 0 Å². The predicted octanol–water partition coefficient (Wildman–Crippen LogP) is 6.16. The minimum atomic E-state index is 0. The standard InChI is InChI=1S/C48H68N4O2S2.2BrH/c1-37(33-49-41-21-15-17-23-45(41)55-47-27-25-39(53-7)31-43(47)49)35-51(3,4)29-19-13-11-9-10-12-14-20-30-52(5,6)36-38(2)34-50-42-22-16-18-24-46(42)56-48-28-26-40(54-8)32-44(48)50;;/h15-18,21-28,31-32,37-38H,9-14,19-20,29-30,33-36H2,1-8H3;2*1H/q+2;;/p-2. The van der Waals surface area contributed by atoms with Crippen molar-refractivity contribution >= 4 is 46.3 Å². The fraction of sp³-hybridized carbons (Fsp3) is 0.500. The maximum absolute atomic E-state index is 5.62. The molecule has 6 rings (SSSR count). The third-order valence-electron chi connectivity index (χ3n) is 11.5. The quantitative estimate of drug-likeness (QED) is 0.0734. The van der Waals surface area contributed by atoms with Gasteiger partial charge in [-0.25, -0.2) is 0 Å². The van der Waals surface area contributed by atoms with Crippen molar-refractivity contribution in [2.45, 2.75) is 84.8 Å². The van der Waals surface area contributed by atoms with E-state index in [1.807, 2.05) is 23.5 Å². The van der Waals surface area contributed by atoms with Gasteiger partial charge in [0.1, 0.15) is 11.5 Å². The van der Waals surface area contributed by atoms with Gasteiger partial charge in [0, 0.05) is 56.6 Å². The molecule has 0 saturated heterocycles. The topological polar surface area (TPSA) is 24.9 Å². The van der Waals surface area contributed by atoms with Crippen LogP contribution in [0.15, 0.2) is 105 Å². The van der Waals surface area contributed by atoms with Crippen LogP contribution in [-0.2, 0) is 0 Å². The first-order valence-electron chi connectivity index (χ1n) is 21.0. The zero-order chi connectivity index (χ0) is 39.7. The van der Waals surface area contributed by atoms with Crippen molar-refractivity contribution in [2.75, 3.05) is 91.5 Å². The van der Waals surface area contributed by atoms with E-state index in [0.29, 0.717) is 11.8 Å². The number of hydrogen-bond donors (Lipinski definition) is 0. The van der Waals surface area contributed by atoms with E-state index < -0.39 is 0 Å². The number of hydrogen-bond acceptors (Lipinski definition) is 6. The maximum Gasteiger partial charge on any atom is 0.121 e. The number of halogens is 2. The van der Waals surface area contributed by atoms with Crippen molar-refractivity contribution in [3.63, 3.8) is 0 Å². The van der Waals surface area contributed by atoms with E-state index >= 15 is 0 Å². The Morgan fingerprint density at radius 3 is 1.21 bits per heavy atom. The first-order chi connectivity index (χ1) is 26.9. The van der Waals surface area contributed by atoms with Crippen LogP contribution < -0.4 is 53.2 Å². The molecule has 0 aliphatic carbocycles. The number of ether oxygens (including phenoxy) is 2. The molecule has 2 unspecified atom stereocenters. The number of methoxy groups -OCH3 is 2. The Hall–Kier alpha value is -2.34. The molecule has 0 saturated carbocycles. The molecule has 0 aromatic heterocycles. The molecule has 0 bridgehead atoms. The molecule has 318 valence electrons. The second-order valence-electron chi connectivity index (χ2n) is 17.8. The predicted molar refractivity (Wildman–Crippen MR) is 240 cm³/mol. The molecule has 0 fully saturated rings. The van der Waals surface area contributed by atoms with Gasteiger partial charge < -0.3 is 62.2 Å². The minimum Gasteiger partial charge on any atom is -1.00 e. The first kappa shape index (κ1) is 48.3. The number of unbranched alkanes of at least 4 members (excludes halogenated alkanes) is 7. The second-order valence-corrected chi connectivity index (χ2v) is 19.9. The van der Waals surface area contributed by atoms with Crippen LogP contribution in [0.2, 0.25) is 0 Å². The monoisotopic (exact) mass is 954 g/mol. The van der Waals surface area contributed by atoms with Crippen LogP contribution in [0.25, 0.3) is 0 Å². The maximum atomic E-state index is 5.62. The fourth-order valence-corrected chi connectivity index (χ4v) is 11.2. The minimum absolute atomic E-state index is 0. The summed E-state index contributed by atoms with van der Waals surface area (Å²) in [5.74, 6) is 2.96. The number of rotatable bonds is 21. The average molecular weight is 957 g/mol. The van der Waals surface area contributed by atoms with Crippen molar-refractivity contribution in [3.8, 4) is 11.5 Å². The summed E-state index contributed by atoms with van der Waals surface area (Å²) in [4.78, 5) is 10.3. The van der Waals surface area contributed by atoms with Gasteiger partial charge in [-0.2, -0.15) is 0 Å². The van der Waals surface area contributed by atoms with Gasteiger partial charge in [0.05, 0.1) is 91.3 Å². The number of nitrogens with zero attached hydrogens (tertiary/aromatic N) is 4. The van der Waals surface area contributed by atoms with Crippen LogP contribution >= 0.6 is 23.5 Å². The van der Waals surface area contributed by atoms with E-state index in [0.717, 1.165) is 33.6 Å². The van der Waals surface area contributed by atoms with Gasteiger partial charge in [-0.1, -0.05) is 87.3 Å². The molecule has 2 atom stereocenters. The lowest BCUT2D eigenvalue weighted by atomic mass is 10.1. The SMILES string of the molecule is COc1ccc2c(c1)N(CC(C)C[N+](C)(C)CCCCCCCCCC[N+](C)(C)CC(C)CN1c3ccccc3Sc3ccc(OC)cc31)c1ccccc1S2.[Br-].[Br-]. The van der Waals surface area contributed by atoms with Crippen LogP contribution in [0.5, 0.6) is 11.5 Å². The summed E-state index contributed by atoms with van der Waals surface area (Å²) in [6.07, 6.45) is 10.8. The molecule has 2 aliphatic heterocycles. The molecule has 0 N–H and O–H groups in total. The molecule has 0 amide bonds. The van der Waals surface area contributed by atoms with Gasteiger partial charge in [-0.05, 0) is 74.2 Å². The van der Waals surface area contributed by atoms with Crippen molar-refractivity contribution in [2.24, 2.45) is 11.8 Å². The summed E-state index contributed by atoms with van der Waals surface area (Å²) in [7, 11) is 13.2. The fourth-order valence-electron chi connectivity index (χ4n) is 9.01. The molecule has 2 heterocycles. The molecular weight excluding hydrogens is 888 g/mol. The molecule has 6 nitrogen and oxygen atoms in total. The van der Waals surface area contributed by atoms with Crippen LogP contribution in [0.1, 0.15) is 65.2 Å². The number of anilines is 4. The smallest absolute Gasteiger partial charge is 0.121 e. The normalized spacial score (nSPS) is 14.2. The zero-order valence-corrected chi connectivity index (χ0v) is 41.1. The summed E-state index contributed by atoms with van der Waals surface area (Å²) in [6.45, 7) is 11.7. The highest BCUT2D eigenvalue weighted by atomic mass is 79.9. The summed E-state index contributed by atoms with van der Waals surface area (Å²) >= 11 is 3.73. The molecule has 58 heavy (non-hydrogen) atoms. The first-order valence-corrected chi connectivity index (χ1v) is 22.7. The van der Waals surface area contributed by atoms with Crippen LogP contribution in [0, 0.1) is 11.8 Å². The Morgan fingerprint density at radius 1 is 0.483 bits per heavy atom. The highest BCUT2D eigenvalue weighted by Gasteiger charge is 2.29. The number of benzene rings is 4. The van der Waals surface area contributed by atoms with Crippen molar-refractivity contribution in [3.05, 3.63) is 84.9 Å². The van der Waals surface area contributed by atoms with Gasteiger partial charge in [-0.3, -0.25) is 0 Å². The van der Waals surface area contributed by atoms with Crippen LogP contribution in [0.3, 0.4) is 0 Å². The Morgan fingerprint density at radius 2 is 0.828 bits per heavy atom. The van der Waals surface area contributed by atoms with E-state index in [4.69, 9.17) is 9.47 Å². The van der Waals surface area contributed by atoms with E-state index in [9.17, 15) is 0 Å². The van der Waals surface area contributed by atoms with Crippen molar-refractivity contribution in [1.82, 2.24) is 0 Å². The van der Waals surface area contributed by atoms with Gasteiger partial charge in [-0.15, -0.1) is 0 Å². The van der Waals surface area contributed by atoms with Gasteiger partial charge >= 0.3 is 0 Å². The molecule has 4 aromatic rings. The van der Waals surface area contributed by atoms with Crippen molar-refractivity contribution < 1.29 is 52.4 Å². The highest BCUT2D eigenvalue weighted by molar-refractivity contribution is 8.00. The number of fused-ring (bicyclic) bond motifs is 4. The number of quaternary nitrogens is 2. The third-order valence-corrected chi connectivity index (χ3v) is 13.8. The summed E-state index contributed by atoms with van der Waals surface area (Å²) in [6, 6.07) is 30.7. The lowest BCUT2D eigenvalue weighted by Gasteiger charge is -2.37. The molecular formula is C48H68Br2N4O2S2. The van der Waals surface area contributed by atoms with E-state index in [1.54, 1.807) is 14.2 Å². The Labute approximate surface area is 380 Å². The van der Waals surface area contributed by atoms with Gasteiger partial charge in [0.2, 0.25) is 0 Å². The average Bonchev–Trinajstić information content (AvgIpc) is 3.17.